The highest BCUT2D eigenvalue weighted by Gasteiger charge is 2.55. The van der Waals surface area contributed by atoms with Crippen LogP contribution >= 0.6 is 0 Å². The molecule has 5 nitrogen and oxygen atoms in total. The number of nitriles is 3. The molecule has 1 aliphatic heterocycles. The maximum atomic E-state index is 14.9. The van der Waals surface area contributed by atoms with Gasteiger partial charge in [-0.2, -0.15) is 15.8 Å². The summed E-state index contributed by atoms with van der Waals surface area (Å²) in [4.78, 5) is 2.11. The van der Waals surface area contributed by atoms with Crippen LogP contribution in [0.3, 0.4) is 0 Å². The van der Waals surface area contributed by atoms with Crippen molar-refractivity contribution in [3.05, 3.63) is 94.2 Å². The molecule has 0 spiro atoms. The number of nitrogens with two attached hydrogens (primary N) is 1. The van der Waals surface area contributed by atoms with Gasteiger partial charge in [-0.05, 0) is 22.8 Å². The maximum Gasteiger partial charge on any atom is 0.191 e. The normalized spacial score (nSPS) is 22.2. The molecule has 2 aromatic rings. The molecule has 4 rings (SSSR count). The van der Waals surface area contributed by atoms with E-state index in [0.29, 0.717) is 25.2 Å². The molecule has 1 aliphatic carbocycles. The van der Waals surface area contributed by atoms with Crippen LogP contribution in [-0.2, 0) is 6.54 Å². The second-order valence-electron chi connectivity index (χ2n) is 8.02. The van der Waals surface area contributed by atoms with Crippen LogP contribution in [0.25, 0.3) is 0 Å². The molecule has 2 aliphatic rings. The SMILES string of the molecule is N#CC1=C(N)C(C#N)(C#N)[C@H](c2ccc(F)cc2F)[C@@H]2CN(Cc3ccccc3)CC=C12. The van der Waals surface area contributed by atoms with Crippen molar-refractivity contribution >= 4 is 0 Å². The summed E-state index contributed by atoms with van der Waals surface area (Å²) in [5, 5.41) is 29.9. The highest BCUT2D eigenvalue weighted by atomic mass is 19.1. The van der Waals surface area contributed by atoms with Gasteiger partial charge in [-0.1, -0.05) is 42.5 Å². The van der Waals surface area contributed by atoms with Crippen LogP contribution in [0.5, 0.6) is 0 Å². The molecule has 7 heteroatoms. The van der Waals surface area contributed by atoms with Crippen LogP contribution < -0.4 is 5.73 Å². The number of allylic oxidation sites excluding steroid dienone is 2. The quantitative estimate of drug-likeness (QED) is 0.801. The highest BCUT2D eigenvalue weighted by Crippen LogP contribution is 2.54. The molecule has 158 valence electrons. The number of hydrogen-bond acceptors (Lipinski definition) is 5. The maximum absolute atomic E-state index is 14.9. The van der Waals surface area contributed by atoms with Crippen molar-refractivity contribution in [2.45, 2.75) is 12.5 Å². The third kappa shape index (κ3) is 3.32. The largest absolute Gasteiger partial charge is 0.399 e. The summed E-state index contributed by atoms with van der Waals surface area (Å²) in [6, 6.07) is 18.9. The van der Waals surface area contributed by atoms with Crippen molar-refractivity contribution in [3.8, 4) is 18.2 Å². The summed E-state index contributed by atoms with van der Waals surface area (Å²) >= 11 is 0. The van der Waals surface area contributed by atoms with Crippen molar-refractivity contribution in [1.82, 2.24) is 4.90 Å². The van der Waals surface area contributed by atoms with Crippen LogP contribution in [0.1, 0.15) is 17.0 Å². The lowest BCUT2D eigenvalue weighted by atomic mass is 9.58. The molecule has 0 saturated carbocycles. The molecule has 0 radical (unpaired) electrons. The summed E-state index contributed by atoms with van der Waals surface area (Å²) in [6.45, 7) is 1.52. The molecule has 0 saturated heterocycles. The number of fused-ring (bicyclic) bond motifs is 1. The van der Waals surface area contributed by atoms with E-state index in [1.165, 1.54) is 6.07 Å². The first-order chi connectivity index (χ1) is 15.4. The van der Waals surface area contributed by atoms with E-state index in [2.05, 4.69) is 4.90 Å². The van der Waals surface area contributed by atoms with Gasteiger partial charge in [0.2, 0.25) is 0 Å². The molecule has 1 heterocycles. The second-order valence-corrected chi connectivity index (χ2v) is 8.02. The zero-order chi connectivity index (χ0) is 22.9. The number of hydrogen-bond donors (Lipinski definition) is 1. The Bertz CT molecular complexity index is 1230. The fourth-order valence-corrected chi connectivity index (χ4v) is 4.81. The number of benzene rings is 2. The predicted octanol–water partition coefficient (Wildman–Crippen LogP) is 3.89. The Kier molecular flexibility index (Phi) is 5.49. The van der Waals surface area contributed by atoms with E-state index in [9.17, 15) is 24.6 Å². The average molecular weight is 427 g/mol. The minimum absolute atomic E-state index is 0.0342. The zero-order valence-electron chi connectivity index (χ0n) is 17.1. The molecule has 2 atom stereocenters. The van der Waals surface area contributed by atoms with Crippen LogP contribution in [0.2, 0.25) is 0 Å². The smallest absolute Gasteiger partial charge is 0.191 e. The van der Waals surface area contributed by atoms with Crippen molar-refractivity contribution in [1.29, 1.82) is 15.8 Å². The minimum Gasteiger partial charge on any atom is -0.399 e. The van der Waals surface area contributed by atoms with Gasteiger partial charge in [0.15, 0.2) is 5.41 Å². The topological polar surface area (TPSA) is 101 Å². The van der Waals surface area contributed by atoms with E-state index in [1.807, 2.05) is 54.6 Å². The van der Waals surface area contributed by atoms with E-state index < -0.39 is 28.9 Å². The van der Waals surface area contributed by atoms with E-state index >= 15 is 0 Å². The summed E-state index contributed by atoms with van der Waals surface area (Å²) in [7, 11) is 0. The van der Waals surface area contributed by atoms with Gasteiger partial charge >= 0.3 is 0 Å². The van der Waals surface area contributed by atoms with Crippen molar-refractivity contribution in [2.24, 2.45) is 17.1 Å². The summed E-state index contributed by atoms with van der Waals surface area (Å²) < 4.78 is 28.6. The Morgan fingerprint density at radius 2 is 1.78 bits per heavy atom. The molecular weight excluding hydrogens is 408 g/mol. The fraction of sp³-hybridized carbons (Fsp3) is 0.240. The Hall–Kier alpha value is -3.99. The average Bonchev–Trinajstić information content (AvgIpc) is 2.80. The van der Waals surface area contributed by atoms with Crippen LogP contribution in [0.15, 0.2) is 71.5 Å². The monoisotopic (exact) mass is 427 g/mol. The standard InChI is InChI=1S/C25H19F2N5/c26-17-6-7-19(22(27)10-17)23-21-13-32(12-16-4-2-1-3-5-16)9-8-18(21)20(11-28)24(31)25(23,14-29)15-30/h1-8,10,21,23H,9,12-13,31H2/t21-,23-/m1/s1. The first-order valence-electron chi connectivity index (χ1n) is 10.1. The number of nitrogens with zero attached hydrogens (tertiary/aromatic N) is 4. The van der Waals surface area contributed by atoms with Gasteiger partial charge in [-0.25, -0.2) is 8.78 Å². The van der Waals surface area contributed by atoms with E-state index in [0.717, 1.165) is 17.7 Å². The number of halogens is 2. The molecule has 0 unspecified atom stereocenters. The van der Waals surface area contributed by atoms with E-state index in [-0.39, 0.29) is 16.8 Å². The van der Waals surface area contributed by atoms with Crippen molar-refractivity contribution in [3.63, 3.8) is 0 Å². The predicted molar refractivity (Wildman–Crippen MR) is 113 cm³/mol. The zero-order valence-corrected chi connectivity index (χ0v) is 17.1. The molecule has 0 amide bonds. The van der Waals surface area contributed by atoms with E-state index in [1.54, 1.807) is 0 Å². The third-order valence-electron chi connectivity index (χ3n) is 6.29. The Balaban J connectivity index is 1.88. The van der Waals surface area contributed by atoms with Crippen LogP contribution in [-0.4, -0.2) is 18.0 Å². The van der Waals surface area contributed by atoms with E-state index in [4.69, 9.17) is 5.73 Å². The lowest BCUT2D eigenvalue weighted by molar-refractivity contribution is 0.199. The van der Waals surface area contributed by atoms with Crippen LogP contribution in [0.4, 0.5) is 8.78 Å². The summed E-state index contributed by atoms with van der Waals surface area (Å²) in [5.41, 5.74) is 5.89. The molecule has 32 heavy (non-hydrogen) atoms. The van der Waals surface area contributed by atoms with Gasteiger partial charge in [-0.15, -0.1) is 0 Å². The first kappa shape index (κ1) is 21.2. The Morgan fingerprint density at radius 3 is 2.41 bits per heavy atom. The van der Waals surface area contributed by atoms with Crippen molar-refractivity contribution < 1.29 is 8.78 Å². The molecule has 2 aromatic carbocycles. The first-order valence-corrected chi connectivity index (χ1v) is 10.1. The lowest BCUT2D eigenvalue weighted by Gasteiger charge is -2.45. The molecule has 2 N–H and O–H groups in total. The van der Waals surface area contributed by atoms with Gasteiger partial charge in [-0.3, -0.25) is 4.90 Å². The summed E-state index contributed by atoms with van der Waals surface area (Å²) in [5.74, 6) is -3.15. The Morgan fingerprint density at radius 1 is 1.06 bits per heavy atom. The second kappa shape index (κ2) is 8.27. The van der Waals surface area contributed by atoms with Gasteiger partial charge in [0.25, 0.3) is 0 Å². The number of rotatable bonds is 3. The van der Waals surface area contributed by atoms with Crippen LogP contribution in [0, 0.1) is 57.0 Å². The van der Waals surface area contributed by atoms with Gasteiger partial charge in [0, 0.05) is 37.5 Å². The van der Waals surface area contributed by atoms with Gasteiger partial charge in [0.1, 0.15) is 17.7 Å². The fourth-order valence-electron chi connectivity index (χ4n) is 4.81. The molecule has 0 aromatic heterocycles. The molecular formula is C25H19F2N5. The van der Waals surface area contributed by atoms with Gasteiger partial charge in [0.05, 0.1) is 23.4 Å². The molecule has 0 bridgehead atoms. The third-order valence-corrected chi connectivity index (χ3v) is 6.29. The Labute approximate surface area is 184 Å². The lowest BCUT2D eigenvalue weighted by Crippen LogP contribution is -2.48. The highest BCUT2D eigenvalue weighted by molar-refractivity contribution is 5.59. The van der Waals surface area contributed by atoms with Crippen molar-refractivity contribution in [2.75, 3.05) is 13.1 Å². The van der Waals surface area contributed by atoms with Gasteiger partial charge < -0.3 is 5.73 Å². The summed E-state index contributed by atoms with van der Waals surface area (Å²) in [6.07, 6.45) is 1.86. The molecule has 0 fully saturated rings. The minimum atomic E-state index is -1.96.